The summed E-state index contributed by atoms with van der Waals surface area (Å²) in [5.41, 5.74) is 3.34. The number of thiazole rings is 1. The number of imidazole rings is 1. The number of ketones is 1. The third-order valence-electron chi connectivity index (χ3n) is 7.41. The fourth-order valence-electron chi connectivity index (χ4n) is 5.45. The number of morpholine rings is 1. The average Bonchev–Trinajstić information content (AvgIpc) is 3.57. The number of hydrogen-bond donors (Lipinski definition) is 1. The molecule has 1 atom stereocenters. The van der Waals surface area contributed by atoms with Gasteiger partial charge in [0.05, 0.1) is 47.3 Å². The highest BCUT2D eigenvalue weighted by Gasteiger charge is 2.44. The summed E-state index contributed by atoms with van der Waals surface area (Å²) >= 11 is 1.28. The molecule has 2 aromatic carbocycles. The number of benzene rings is 2. The van der Waals surface area contributed by atoms with E-state index in [2.05, 4.69) is 9.88 Å². The van der Waals surface area contributed by atoms with Crippen molar-refractivity contribution in [2.75, 3.05) is 46.0 Å². The van der Waals surface area contributed by atoms with Crippen LogP contribution in [0.5, 0.6) is 5.75 Å². The number of fused-ring (bicyclic) bond motifs is 3. The minimum absolute atomic E-state index is 0.100. The molecule has 2 aliphatic heterocycles. The van der Waals surface area contributed by atoms with Gasteiger partial charge in [-0.25, -0.2) is 4.98 Å². The van der Waals surface area contributed by atoms with Gasteiger partial charge in [-0.2, -0.15) is 0 Å². The molecule has 9 nitrogen and oxygen atoms in total. The van der Waals surface area contributed by atoms with Crippen LogP contribution in [0.15, 0.2) is 59.9 Å². The molecule has 2 aliphatic rings. The maximum absolute atomic E-state index is 14.2. The van der Waals surface area contributed by atoms with Crippen LogP contribution in [0.1, 0.15) is 33.9 Å². The highest BCUT2D eigenvalue weighted by Crippen LogP contribution is 2.41. The van der Waals surface area contributed by atoms with Crippen LogP contribution in [-0.4, -0.2) is 82.0 Å². The molecule has 1 fully saturated rings. The summed E-state index contributed by atoms with van der Waals surface area (Å²) in [4.78, 5) is 37.3. The van der Waals surface area contributed by atoms with Crippen LogP contribution in [0.25, 0.3) is 16.0 Å². The largest absolute Gasteiger partial charge is 0.503 e. The van der Waals surface area contributed by atoms with Gasteiger partial charge < -0.3 is 19.5 Å². The Labute approximate surface area is 229 Å². The molecule has 1 saturated heterocycles. The number of Topliss-reactive ketones (excluding diaryl/α,β-unsaturated/α-hetero) is 1. The quantitative estimate of drug-likeness (QED) is 0.332. The van der Waals surface area contributed by atoms with Crippen LogP contribution in [-0.2, 0) is 9.53 Å². The van der Waals surface area contributed by atoms with Gasteiger partial charge in [0.2, 0.25) is 5.78 Å². The molecule has 1 N–H and O–H groups in total. The van der Waals surface area contributed by atoms with Crippen molar-refractivity contribution < 1.29 is 24.2 Å². The van der Waals surface area contributed by atoms with Crippen LogP contribution in [0, 0.1) is 6.92 Å². The molecule has 0 spiro atoms. The second kappa shape index (κ2) is 10.4. The van der Waals surface area contributed by atoms with Gasteiger partial charge in [0.15, 0.2) is 10.7 Å². The van der Waals surface area contributed by atoms with Crippen molar-refractivity contribution in [2.45, 2.75) is 19.9 Å². The van der Waals surface area contributed by atoms with Gasteiger partial charge >= 0.3 is 0 Å². The summed E-state index contributed by atoms with van der Waals surface area (Å²) in [5, 5.41) is 11.1. The molecule has 202 valence electrons. The Kier molecular flexibility index (Phi) is 6.84. The van der Waals surface area contributed by atoms with Crippen molar-refractivity contribution >= 4 is 39.0 Å². The highest BCUT2D eigenvalue weighted by molar-refractivity contribution is 7.19. The Morgan fingerprint density at radius 2 is 1.87 bits per heavy atom. The van der Waals surface area contributed by atoms with E-state index in [9.17, 15) is 14.7 Å². The van der Waals surface area contributed by atoms with E-state index in [4.69, 9.17) is 9.47 Å². The summed E-state index contributed by atoms with van der Waals surface area (Å²) in [6.07, 6.45) is 0. The predicted octanol–water partition coefficient (Wildman–Crippen LogP) is 4.17. The zero-order valence-corrected chi connectivity index (χ0v) is 22.7. The van der Waals surface area contributed by atoms with E-state index in [0.29, 0.717) is 48.5 Å². The van der Waals surface area contributed by atoms with Gasteiger partial charge in [-0.1, -0.05) is 35.6 Å². The van der Waals surface area contributed by atoms with Crippen molar-refractivity contribution in [3.05, 3.63) is 76.0 Å². The Balaban J connectivity index is 1.39. The molecule has 4 heterocycles. The monoisotopic (exact) mass is 546 g/mol. The summed E-state index contributed by atoms with van der Waals surface area (Å²) in [7, 11) is 0. The van der Waals surface area contributed by atoms with Crippen molar-refractivity contribution in [3.8, 4) is 5.75 Å². The van der Waals surface area contributed by atoms with Crippen molar-refractivity contribution in [3.63, 3.8) is 0 Å². The molecule has 1 amide bonds. The first kappa shape index (κ1) is 25.5. The molecule has 0 radical (unpaired) electrons. The number of aromatic nitrogens is 2. The minimum Gasteiger partial charge on any atom is -0.503 e. The number of aliphatic hydroxyl groups is 1. The predicted molar refractivity (Wildman–Crippen MR) is 149 cm³/mol. The highest BCUT2D eigenvalue weighted by atomic mass is 32.1. The van der Waals surface area contributed by atoms with E-state index in [0.717, 1.165) is 35.4 Å². The molecule has 4 aromatic rings. The van der Waals surface area contributed by atoms with E-state index in [-0.39, 0.29) is 11.4 Å². The number of ether oxygens (including phenoxy) is 2. The first-order valence-electron chi connectivity index (χ1n) is 13.2. The maximum Gasteiger partial charge on any atom is 0.290 e. The number of carbonyl (C=O) groups excluding carboxylic acids is 2. The van der Waals surface area contributed by atoms with Gasteiger partial charge in [-0.05, 0) is 43.7 Å². The number of hydrogen-bond acceptors (Lipinski definition) is 8. The van der Waals surface area contributed by atoms with Gasteiger partial charge in [0.25, 0.3) is 5.91 Å². The first-order valence-corrected chi connectivity index (χ1v) is 14.0. The number of carbonyl (C=O) groups is 2. The lowest BCUT2D eigenvalue weighted by atomic mass is 9.95. The van der Waals surface area contributed by atoms with Crippen molar-refractivity contribution in [1.29, 1.82) is 0 Å². The SMILES string of the molecule is CCOc1ccc(C2C(C(=O)c3sc4nc5ccccc5n4c3C)=C(O)C(=O)N2CCN2CCOCC2)cc1. The molecule has 2 aromatic heterocycles. The third kappa shape index (κ3) is 4.48. The van der Waals surface area contributed by atoms with Gasteiger partial charge in [-0.3, -0.25) is 18.9 Å². The van der Waals surface area contributed by atoms with Crippen LogP contribution in [0.4, 0.5) is 0 Å². The Hall–Kier alpha value is -3.73. The molecule has 0 saturated carbocycles. The minimum atomic E-state index is -0.715. The Bertz CT molecular complexity index is 1580. The van der Waals surface area contributed by atoms with Crippen LogP contribution >= 0.6 is 11.3 Å². The third-order valence-corrected chi connectivity index (χ3v) is 8.55. The molecule has 39 heavy (non-hydrogen) atoms. The zero-order chi connectivity index (χ0) is 27.1. The second-order valence-electron chi connectivity index (χ2n) is 9.68. The molecular weight excluding hydrogens is 516 g/mol. The van der Waals surface area contributed by atoms with Gasteiger partial charge in [0.1, 0.15) is 5.75 Å². The van der Waals surface area contributed by atoms with E-state index in [1.54, 1.807) is 4.90 Å². The standard InChI is InChI=1S/C29H30N4O5S/c1-3-38-20-10-8-19(9-11-20)24-23(26(35)28(36)32(24)13-12-31-14-16-37-17-15-31)25(34)27-18(2)33-22-7-5-4-6-21(22)30-29(33)39-27/h4-11,24,35H,3,12-17H2,1-2H3. The normalized spacial score (nSPS) is 18.6. The van der Waals surface area contributed by atoms with Gasteiger partial charge in [0, 0.05) is 31.9 Å². The maximum atomic E-state index is 14.2. The summed E-state index contributed by atoms with van der Waals surface area (Å²) in [5.74, 6) is -0.675. The van der Waals surface area contributed by atoms with E-state index < -0.39 is 17.7 Å². The van der Waals surface area contributed by atoms with Crippen LogP contribution < -0.4 is 4.74 Å². The molecule has 0 aliphatic carbocycles. The Morgan fingerprint density at radius 3 is 2.62 bits per heavy atom. The fraction of sp³-hybridized carbons (Fsp3) is 0.345. The molecule has 1 unspecified atom stereocenters. The zero-order valence-electron chi connectivity index (χ0n) is 21.9. The Morgan fingerprint density at radius 1 is 1.13 bits per heavy atom. The smallest absolute Gasteiger partial charge is 0.290 e. The summed E-state index contributed by atoms with van der Waals surface area (Å²) in [6, 6.07) is 14.4. The topological polar surface area (TPSA) is 96.6 Å². The van der Waals surface area contributed by atoms with Crippen LogP contribution in [0.3, 0.4) is 0 Å². The number of nitrogens with zero attached hydrogens (tertiary/aromatic N) is 4. The fourth-order valence-corrected chi connectivity index (χ4v) is 6.54. The van der Waals surface area contributed by atoms with E-state index in [1.807, 2.05) is 66.8 Å². The van der Waals surface area contributed by atoms with Gasteiger partial charge in [-0.15, -0.1) is 0 Å². The summed E-state index contributed by atoms with van der Waals surface area (Å²) in [6.45, 7) is 8.18. The van der Waals surface area contributed by atoms with Crippen molar-refractivity contribution in [1.82, 2.24) is 19.2 Å². The van der Waals surface area contributed by atoms with E-state index >= 15 is 0 Å². The number of aryl methyl sites for hydroxylation is 1. The van der Waals surface area contributed by atoms with Crippen LogP contribution in [0.2, 0.25) is 0 Å². The lowest BCUT2D eigenvalue weighted by Crippen LogP contribution is -2.43. The first-order chi connectivity index (χ1) is 19.0. The number of para-hydroxylation sites is 2. The van der Waals surface area contributed by atoms with E-state index in [1.165, 1.54) is 11.3 Å². The second-order valence-corrected chi connectivity index (χ2v) is 10.7. The summed E-state index contributed by atoms with van der Waals surface area (Å²) < 4.78 is 13.0. The number of rotatable bonds is 8. The average molecular weight is 547 g/mol. The lowest BCUT2D eigenvalue weighted by molar-refractivity contribution is -0.129. The number of aliphatic hydroxyl groups excluding tert-OH is 1. The molecule has 10 heteroatoms. The molecular formula is C29H30N4O5S. The molecule has 6 rings (SSSR count). The molecule has 0 bridgehead atoms. The number of amides is 1. The lowest BCUT2D eigenvalue weighted by Gasteiger charge is -2.31. The van der Waals surface area contributed by atoms with Crippen molar-refractivity contribution in [2.24, 2.45) is 0 Å².